The summed E-state index contributed by atoms with van der Waals surface area (Å²) in [5.41, 5.74) is 7.11. The van der Waals surface area contributed by atoms with E-state index in [-0.39, 0.29) is 17.8 Å². The Morgan fingerprint density at radius 3 is 2.91 bits per heavy atom. The maximum Gasteiger partial charge on any atom is 0.251 e. The maximum atomic E-state index is 12.8. The van der Waals surface area contributed by atoms with Crippen LogP contribution in [0, 0.1) is 5.92 Å². The van der Waals surface area contributed by atoms with Gasteiger partial charge in [0.25, 0.3) is 5.91 Å². The van der Waals surface area contributed by atoms with Crippen LogP contribution in [-0.4, -0.2) is 32.3 Å². The summed E-state index contributed by atoms with van der Waals surface area (Å²) in [7, 11) is 0. The van der Waals surface area contributed by atoms with Crippen molar-refractivity contribution in [3.05, 3.63) is 51.1 Å². The Balaban J connectivity index is 1.42. The molecule has 4 rings (SSSR count). The number of nitrogens with two attached hydrogens (primary N) is 1. The summed E-state index contributed by atoms with van der Waals surface area (Å²) >= 11 is 8.79. The van der Waals surface area contributed by atoms with Gasteiger partial charge in [0.1, 0.15) is 10.8 Å². The summed E-state index contributed by atoms with van der Waals surface area (Å²) in [6, 6.07) is 7.18. The topological polar surface area (TPSA) is 112 Å². The molecule has 8 nitrogen and oxygen atoms in total. The van der Waals surface area contributed by atoms with Crippen LogP contribution in [0.15, 0.2) is 29.4 Å². The number of primary amides is 1. The molecule has 0 fully saturated rings. The number of amides is 2. The van der Waals surface area contributed by atoms with E-state index in [0.717, 1.165) is 29.7 Å². The molecule has 186 valence electrons. The fourth-order valence-electron chi connectivity index (χ4n) is 4.19. The Bertz CT molecular complexity index is 1240. The molecule has 1 aromatic carbocycles. The third-order valence-electron chi connectivity index (χ3n) is 5.88. The number of nitrogens with one attached hydrogen (secondary N) is 1. The number of anilines is 1. The van der Waals surface area contributed by atoms with Crippen molar-refractivity contribution in [2.45, 2.75) is 57.8 Å². The number of hydrogen-bond donors (Lipinski definition) is 2. The van der Waals surface area contributed by atoms with Crippen molar-refractivity contribution in [1.82, 2.24) is 14.8 Å². The zero-order valence-corrected chi connectivity index (χ0v) is 22.2. The molecule has 35 heavy (non-hydrogen) atoms. The van der Waals surface area contributed by atoms with Gasteiger partial charge in [-0.1, -0.05) is 36.4 Å². The quantitative estimate of drug-likeness (QED) is 0.370. The van der Waals surface area contributed by atoms with Gasteiger partial charge in [-0.15, -0.1) is 21.5 Å². The average Bonchev–Trinajstić information content (AvgIpc) is 3.37. The van der Waals surface area contributed by atoms with Gasteiger partial charge < -0.3 is 20.4 Å². The second kappa shape index (κ2) is 11.0. The van der Waals surface area contributed by atoms with Crippen LogP contribution in [0.2, 0.25) is 5.02 Å². The van der Waals surface area contributed by atoms with E-state index >= 15 is 0 Å². The number of ether oxygens (including phenoxy) is 1. The van der Waals surface area contributed by atoms with Crippen molar-refractivity contribution in [2.75, 3.05) is 11.1 Å². The summed E-state index contributed by atoms with van der Waals surface area (Å²) in [6.07, 6.45) is 2.38. The van der Waals surface area contributed by atoms with E-state index in [4.69, 9.17) is 22.1 Å². The predicted octanol–water partition coefficient (Wildman–Crippen LogP) is 5.11. The van der Waals surface area contributed by atoms with E-state index in [1.165, 1.54) is 23.1 Å². The van der Waals surface area contributed by atoms with E-state index in [9.17, 15) is 9.59 Å². The number of halogens is 1. The first kappa shape index (κ1) is 25.5. The van der Waals surface area contributed by atoms with Crippen molar-refractivity contribution < 1.29 is 14.3 Å². The summed E-state index contributed by atoms with van der Waals surface area (Å²) in [6.45, 7) is 6.69. The molecule has 11 heteroatoms. The molecule has 0 radical (unpaired) electrons. The second-order valence-electron chi connectivity index (χ2n) is 8.56. The van der Waals surface area contributed by atoms with Gasteiger partial charge in [0.2, 0.25) is 5.91 Å². The molecule has 0 aliphatic heterocycles. The third-order valence-corrected chi connectivity index (χ3v) is 8.25. The minimum absolute atomic E-state index is 0.124. The number of thiophene rings is 1. The molecule has 2 atom stereocenters. The minimum Gasteiger partial charge on any atom is -0.483 e. The van der Waals surface area contributed by atoms with Crippen LogP contribution in [0.25, 0.3) is 0 Å². The predicted molar refractivity (Wildman–Crippen MR) is 140 cm³/mol. The maximum absolute atomic E-state index is 12.8. The number of aromatic nitrogens is 3. The van der Waals surface area contributed by atoms with E-state index in [2.05, 4.69) is 22.4 Å². The van der Waals surface area contributed by atoms with Crippen LogP contribution in [0.3, 0.4) is 0 Å². The van der Waals surface area contributed by atoms with Gasteiger partial charge in [-0.2, -0.15) is 0 Å². The van der Waals surface area contributed by atoms with E-state index in [1.54, 1.807) is 12.1 Å². The lowest BCUT2D eigenvalue weighted by atomic mass is 9.88. The first-order valence-electron chi connectivity index (χ1n) is 11.5. The Morgan fingerprint density at radius 2 is 2.20 bits per heavy atom. The SMILES string of the molecule is CCn1c(SCC(=O)Nc2sc3c(c2C(N)=O)CCC(C)C3)nnc1C(C)Oc1cccc(Cl)c1. The number of carbonyl (C=O) groups is 2. The highest BCUT2D eigenvalue weighted by Gasteiger charge is 2.27. The zero-order valence-electron chi connectivity index (χ0n) is 19.8. The van der Waals surface area contributed by atoms with Crippen LogP contribution in [0.1, 0.15) is 59.9 Å². The highest BCUT2D eigenvalue weighted by Crippen LogP contribution is 2.39. The zero-order chi connectivity index (χ0) is 25.1. The van der Waals surface area contributed by atoms with E-state index in [1.807, 2.05) is 30.5 Å². The molecule has 0 spiro atoms. The first-order chi connectivity index (χ1) is 16.8. The number of hydrogen-bond acceptors (Lipinski definition) is 7. The minimum atomic E-state index is -0.496. The number of nitrogens with zero attached hydrogens (tertiary/aromatic N) is 3. The van der Waals surface area contributed by atoms with Crippen molar-refractivity contribution in [2.24, 2.45) is 11.7 Å². The normalized spacial score (nSPS) is 15.9. The Labute approximate surface area is 217 Å². The molecule has 1 aliphatic carbocycles. The number of fused-ring (bicyclic) bond motifs is 1. The van der Waals surface area contributed by atoms with Gasteiger partial charge in [0.05, 0.1) is 11.3 Å². The largest absolute Gasteiger partial charge is 0.483 e. The van der Waals surface area contributed by atoms with Gasteiger partial charge in [0.15, 0.2) is 17.1 Å². The fourth-order valence-corrected chi connectivity index (χ4v) is 6.62. The lowest BCUT2D eigenvalue weighted by molar-refractivity contribution is -0.113. The number of carbonyl (C=O) groups excluding carboxylic acids is 2. The molecule has 0 saturated carbocycles. The number of rotatable bonds is 9. The highest BCUT2D eigenvalue weighted by atomic mass is 35.5. The van der Waals surface area contributed by atoms with Crippen LogP contribution < -0.4 is 15.8 Å². The summed E-state index contributed by atoms with van der Waals surface area (Å²) in [5.74, 6) is 1.26. The van der Waals surface area contributed by atoms with Gasteiger partial charge in [-0.05, 0) is 62.8 Å². The van der Waals surface area contributed by atoms with E-state index < -0.39 is 5.91 Å². The van der Waals surface area contributed by atoms with Crippen LogP contribution in [0.5, 0.6) is 5.75 Å². The summed E-state index contributed by atoms with van der Waals surface area (Å²) < 4.78 is 7.91. The molecule has 2 amide bonds. The Kier molecular flexibility index (Phi) is 8.03. The summed E-state index contributed by atoms with van der Waals surface area (Å²) in [4.78, 5) is 26.1. The highest BCUT2D eigenvalue weighted by molar-refractivity contribution is 7.99. The van der Waals surface area contributed by atoms with Crippen molar-refractivity contribution in [1.29, 1.82) is 0 Å². The Morgan fingerprint density at radius 1 is 1.40 bits per heavy atom. The lowest BCUT2D eigenvalue weighted by Crippen LogP contribution is -2.20. The van der Waals surface area contributed by atoms with Crippen molar-refractivity contribution in [3.8, 4) is 5.75 Å². The molecule has 1 aliphatic rings. The van der Waals surface area contributed by atoms with Gasteiger partial charge in [-0.3, -0.25) is 9.59 Å². The molecular formula is C24H28ClN5O3S2. The van der Waals surface area contributed by atoms with Gasteiger partial charge >= 0.3 is 0 Å². The molecule has 0 saturated heterocycles. The first-order valence-corrected chi connectivity index (χ1v) is 13.7. The molecule has 0 bridgehead atoms. The van der Waals surface area contributed by atoms with Crippen LogP contribution >= 0.6 is 34.7 Å². The third kappa shape index (κ3) is 5.82. The summed E-state index contributed by atoms with van der Waals surface area (Å²) in [5, 5.41) is 13.2. The lowest BCUT2D eigenvalue weighted by Gasteiger charge is -2.18. The molecule has 3 aromatic rings. The molecule has 2 heterocycles. The molecular weight excluding hydrogens is 506 g/mol. The Hall–Kier alpha value is -2.56. The fraction of sp³-hybridized carbons (Fsp3) is 0.417. The molecule has 2 aromatic heterocycles. The van der Waals surface area contributed by atoms with Crippen LogP contribution in [-0.2, 0) is 24.2 Å². The van der Waals surface area contributed by atoms with Crippen molar-refractivity contribution >= 4 is 51.5 Å². The van der Waals surface area contributed by atoms with Crippen LogP contribution in [0.4, 0.5) is 5.00 Å². The van der Waals surface area contributed by atoms with Gasteiger partial charge in [0, 0.05) is 16.4 Å². The molecule has 2 unspecified atom stereocenters. The molecule has 3 N–H and O–H groups in total. The van der Waals surface area contributed by atoms with Gasteiger partial charge in [-0.25, -0.2) is 0 Å². The second-order valence-corrected chi connectivity index (χ2v) is 11.0. The average molecular weight is 534 g/mol. The number of thioether (sulfide) groups is 1. The van der Waals surface area contributed by atoms with E-state index in [0.29, 0.717) is 44.8 Å². The van der Waals surface area contributed by atoms with Crippen molar-refractivity contribution in [3.63, 3.8) is 0 Å². The number of benzene rings is 1. The monoisotopic (exact) mass is 533 g/mol. The standard InChI is InChI=1S/C24H28ClN5O3S2/c1-4-30-22(14(3)33-16-7-5-6-15(25)11-16)28-29-24(30)34-12-19(31)27-23-20(21(26)32)17-9-8-13(2)10-18(17)35-23/h5-7,11,13-14H,4,8-10,12H2,1-3H3,(H2,26,32)(H,27,31). The smallest absolute Gasteiger partial charge is 0.251 e.